The maximum atomic E-state index is 12.5. The second-order valence-electron chi connectivity index (χ2n) is 5.98. The fourth-order valence-electron chi connectivity index (χ4n) is 2.44. The molecular weight excluding hydrogens is 398 g/mol. The Hall–Kier alpha value is -2.38. The molecule has 0 spiro atoms. The fraction of sp³-hybridized carbons (Fsp3) is 0.263. The summed E-state index contributed by atoms with van der Waals surface area (Å²) in [6.45, 7) is 2.38. The van der Waals surface area contributed by atoms with Crippen LogP contribution < -0.4 is 15.8 Å². The molecule has 2 aromatic rings. The van der Waals surface area contributed by atoms with Gasteiger partial charge in [0.25, 0.3) is 0 Å². The summed E-state index contributed by atoms with van der Waals surface area (Å²) >= 11 is 3.46. The monoisotopic (exact) mass is 419 g/mol. The van der Waals surface area contributed by atoms with E-state index in [1.54, 1.807) is 31.4 Å². The van der Waals surface area contributed by atoms with Gasteiger partial charge in [0.2, 0.25) is 11.8 Å². The lowest BCUT2D eigenvalue weighted by atomic mass is 10.1. The van der Waals surface area contributed by atoms with E-state index >= 15 is 0 Å². The molecule has 2 rings (SSSR count). The van der Waals surface area contributed by atoms with E-state index in [4.69, 9.17) is 10.5 Å². The molecule has 7 heteroatoms. The molecule has 6 nitrogen and oxygen atoms in total. The number of likely N-dealkylation sites (N-methyl/N-ethyl adjacent to an activating group) is 1. The van der Waals surface area contributed by atoms with Gasteiger partial charge in [0.15, 0.2) is 0 Å². The number of halogens is 1. The number of rotatable bonds is 7. The highest BCUT2D eigenvalue weighted by Gasteiger charge is 2.19. The normalized spacial score (nSPS) is 11.9. The topological polar surface area (TPSA) is 84.7 Å². The zero-order valence-corrected chi connectivity index (χ0v) is 16.5. The number of benzene rings is 2. The average Bonchev–Trinajstić information content (AvgIpc) is 2.61. The lowest BCUT2D eigenvalue weighted by Gasteiger charge is -2.25. The van der Waals surface area contributed by atoms with E-state index in [2.05, 4.69) is 21.2 Å². The lowest BCUT2D eigenvalue weighted by molar-refractivity contribution is -0.120. The minimum absolute atomic E-state index is 0.145. The minimum atomic E-state index is -0.501. The van der Waals surface area contributed by atoms with Gasteiger partial charge in [0, 0.05) is 27.8 Å². The number of hydrogen-bond donors (Lipinski definition) is 2. The number of methoxy groups -OCH3 is 1. The highest BCUT2D eigenvalue weighted by molar-refractivity contribution is 9.10. The molecule has 0 radical (unpaired) electrons. The van der Waals surface area contributed by atoms with Crippen molar-refractivity contribution in [3.05, 3.63) is 58.1 Å². The highest BCUT2D eigenvalue weighted by Crippen LogP contribution is 2.24. The first-order valence-electron chi connectivity index (χ1n) is 8.05. The molecule has 0 saturated heterocycles. The van der Waals surface area contributed by atoms with E-state index in [9.17, 15) is 9.59 Å². The number of anilines is 1. The third-order valence-corrected chi connectivity index (χ3v) is 4.63. The molecule has 0 bridgehead atoms. The van der Waals surface area contributed by atoms with Crippen molar-refractivity contribution < 1.29 is 14.3 Å². The number of amides is 2. The first-order valence-corrected chi connectivity index (χ1v) is 8.84. The number of carbonyl (C=O) groups is 2. The summed E-state index contributed by atoms with van der Waals surface area (Å²) in [4.78, 5) is 25.5. The van der Waals surface area contributed by atoms with Crippen LogP contribution in [0, 0.1) is 0 Å². The van der Waals surface area contributed by atoms with E-state index in [1.807, 2.05) is 37.1 Å². The van der Waals surface area contributed by atoms with Gasteiger partial charge in [-0.2, -0.15) is 0 Å². The molecule has 0 aromatic heterocycles. The van der Waals surface area contributed by atoms with Crippen LogP contribution in [0.1, 0.15) is 22.8 Å². The average molecular weight is 420 g/mol. The summed E-state index contributed by atoms with van der Waals surface area (Å²) in [5.74, 6) is 0.127. The zero-order valence-electron chi connectivity index (χ0n) is 15.0. The molecule has 2 aromatic carbocycles. The van der Waals surface area contributed by atoms with Crippen LogP contribution in [0.3, 0.4) is 0 Å². The van der Waals surface area contributed by atoms with Gasteiger partial charge in [-0.15, -0.1) is 0 Å². The van der Waals surface area contributed by atoms with Crippen molar-refractivity contribution in [3.63, 3.8) is 0 Å². The molecule has 3 N–H and O–H groups in total. The Bertz CT molecular complexity index is 793. The zero-order chi connectivity index (χ0) is 19.3. The van der Waals surface area contributed by atoms with E-state index in [-0.39, 0.29) is 11.9 Å². The largest absolute Gasteiger partial charge is 0.496 e. The Morgan fingerprint density at radius 1 is 1.23 bits per heavy atom. The van der Waals surface area contributed by atoms with Crippen LogP contribution in [-0.2, 0) is 11.3 Å². The van der Waals surface area contributed by atoms with Crippen LogP contribution in [0.15, 0.2) is 46.9 Å². The number of primary amides is 1. The Balaban J connectivity index is 2.03. The first-order chi connectivity index (χ1) is 12.3. The SMILES string of the molecule is COc1ccc(Br)cc1CN(C)[C@@H](C)C(=O)Nc1ccc(C(N)=O)cc1. The number of ether oxygens (including phenoxy) is 1. The van der Waals surface area contributed by atoms with Gasteiger partial charge in [-0.1, -0.05) is 15.9 Å². The third kappa shape index (κ3) is 5.06. The second-order valence-corrected chi connectivity index (χ2v) is 6.89. The summed E-state index contributed by atoms with van der Waals surface area (Å²) in [5, 5.41) is 2.84. The number of nitrogens with zero attached hydrogens (tertiary/aromatic N) is 1. The number of carbonyl (C=O) groups excluding carboxylic acids is 2. The van der Waals surface area contributed by atoms with Crippen molar-refractivity contribution in [1.82, 2.24) is 4.90 Å². The number of hydrogen-bond acceptors (Lipinski definition) is 4. The second kappa shape index (κ2) is 8.82. The molecule has 0 aliphatic rings. The summed E-state index contributed by atoms with van der Waals surface area (Å²) in [6, 6.07) is 11.9. The predicted molar refractivity (Wildman–Crippen MR) is 105 cm³/mol. The van der Waals surface area contributed by atoms with E-state index in [0.29, 0.717) is 17.8 Å². The van der Waals surface area contributed by atoms with Gasteiger partial charge in [-0.25, -0.2) is 0 Å². The van der Waals surface area contributed by atoms with Crippen LogP contribution in [0.2, 0.25) is 0 Å². The Morgan fingerprint density at radius 3 is 2.46 bits per heavy atom. The fourth-order valence-corrected chi connectivity index (χ4v) is 2.85. The first kappa shape index (κ1) is 19.9. The molecule has 0 saturated carbocycles. The summed E-state index contributed by atoms with van der Waals surface area (Å²) < 4.78 is 6.33. The summed E-state index contributed by atoms with van der Waals surface area (Å²) in [5.41, 5.74) is 7.20. The van der Waals surface area contributed by atoms with E-state index < -0.39 is 5.91 Å². The maximum absolute atomic E-state index is 12.5. The highest BCUT2D eigenvalue weighted by atomic mass is 79.9. The van der Waals surface area contributed by atoms with Crippen molar-refractivity contribution in [1.29, 1.82) is 0 Å². The van der Waals surface area contributed by atoms with Crippen LogP contribution in [0.5, 0.6) is 5.75 Å². The van der Waals surface area contributed by atoms with Gasteiger partial charge in [-0.3, -0.25) is 14.5 Å². The molecule has 0 heterocycles. The summed E-state index contributed by atoms with van der Waals surface area (Å²) in [7, 11) is 3.50. The summed E-state index contributed by atoms with van der Waals surface area (Å²) in [6.07, 6.45) is 0. The van der Waals surface area contributed by atoms with Crippen molar-refractivity contribution in [3.8, 4) is 5.75 Å². The van der Waals surface area contributed by atoms with Crippen molar-refractivity contribution >= 4 is 33.4 Å². The van der Waals surface area contributed by atoms with Crippen LogP contribution in [0.25, 0.3) is 0 Å². The molecule has 0 aliphatic heterocycles. The Kier molecular flexibility index (Phi) is 6.76. The molecule has 0 unspecified atom stereocenters. The molecular formula is C19H22BrN3O3. The quantitative estimate of drug-likeness (QED) is 0.721. The molecule has 138 valence electrons. The molecule has 2 amide bonds. The Labute approximate surface area is 161 Å². The van der Waals surface area contributed by atoms with Gasteiger partial charge < -0.3 is 15.8 Å². The lowest BCUT2D eigenvalue weighted by Crippen LogP contribution is -2.39. The standard InChI is InChI=1S/C19H22BrN3O3/c1-12(19(25)22-16-7-4-13(5-8-16)18(21)24)23(2)11-14-10-15(20)6-9-17(14)26-3/h4-10,12H,11H2,1-3H3,(H2,21,24)(H,22,25)/t12-/m0/s1. The van der Waals surface area contributed by atoms with Crippen molar-refractivity contribution in [2.24, 2.45) is 5.73 Å². The third-order valence-electron chi connectivity index (χ3n) is 4.14. The molecule has 0 fully saturated rings. The molecule has 0 aliphatic carbocycles. The van der Waals surface area contributed by atoms with Gasteiger partial charge in [0.05, 0.1) is 13.2 Å². The van der Waals surface area contributed by atoms with Gasteiger partial charge in [0.1, 0.15) is 5.75 Å². The van der Waals surface area contributed by atoms with Crippen molar-refractivity contribution in [2.45, 2.75) is 19.5 Å². The smallest absolute Gasteiger partial charge is 0.248 e. The van der Waals surface area contributed by atoms with Gasteiger partial charge in [-0.05, 0) is 56.4 Å². The van der Waals surface area contributed by atoms with E-state index in [1.165, 1.54) is 0 Å². The van der Waals surface area contributed by atoms with Crippen molar-refractivity contribution in [2.75, 3.05) is 19.5 Å². The number of nitrogens with two attached hydrogens (primary N) is 1. The number of nitrogens with one attached hydrogen (secondary N) is 1. The van der Waals surface area contributed by atoms with Crippen LogP contribution in [0.4, 0.5) is 5.69 Å². The molecule has 26 heavy (non-hydrogen) atoms. The predicted octanol–water partition coefficient (Wildman–Crippen LogP) is 3.02. The van der Waals surface area contributed by atoms with Gasteiger partial charge >= 0.3 is 0 Å². The molecule has 1 atom stereocenters. The Morgan fingerprint density at radius 2 is 1.88 bits per heavy atom. The van der Waals surface area contributed by atoms with Crippen LogP contribution >= 0.6 is 15.9 Å². The maximum Gasteiger partial charge on any atom is 0.248 e. The minimum Gasteiger partial charge on any atom is -0.496 e. The van der Waals surface area contributed by atoms with E-state index in [0.717, 1.165) is 15.8 Å². The van der Waals surface area contributed by atoms with Crippen LogP contribution in [-0.4, -0.2) is 36.9 Å².